The molecule has 3 fully saturated rings. The lowest BCUT2D eigenvalue weighted by atomic mass is 9.83. The fraction of sp³-hybridized carbons (Fsp3) is 0.586. The zero-order valence-electron chi connectivity index (χ0n) is 24.2. The highest BCUT2D eigenvalue weighted by Crippen LogP contribution is 2.38. The van der Waals surface area contributed by atoms with Crippen molar-refractivity contribution < 1.29 is 22.7 Å². The van der Waals surface area contributed by atoms with Crippen LogP contribution in [0.4, 0.5) is 5.82 Å². The maximum absolute atomic E-state index is 13.1. The molecule has 43 heavy (non-hydrogen) atoms. The van der Waals surface area contributed by atoms with Crippen LogP contribution in [0.1, 0.15) is 67.0 Å². The third-order valence-corrected chi connectivity index (χ3v) is 9.13. The number of nitriles is 1. The van der Waals surface area contributed by atoms with Crippen LogP contribution >= 0.6 is 0 Å². The second-order valence-electron chi connectivity index (χ2n) is 11.9. The Hall–Kier alpha value is -3.99. The summed E-state index contributed by atoms with van der Waals surface area (Å²) in [5, 5.41) is 20.4. The number of aromatic nitrogens is 5. The summed E-state index contributed by atoms with van der Waals surface area (Å²) in [5.41, 5.74) is 1.75. The lowest BCUT2D eigenvalue weighted by Gasteiger charge is -2.32. The van der Waals surface area contributed by atoms with Crippen LogP contribution in [0.15, 0.2) is 18.3 Å². The maximum Gasteiger partial charge on any atom is 0.319 e. The highest BCUT2D eigenvalue weighted by atomic mass is 32.2. The molecule has 13 nitrogen and oxygen atoms in total. The van der Waals surface area contributed by atoms with Crippen molar-refractivity contribution in [1.82, 2.24) is 30.5 Å². The van der Waals surface area contributed by atoms with Crippen molar-refractivity contribution in [3.05, 3.63) is 29.7 Å². The summed E-state index contributed by atoms with van der Waals surface area (Å²) in [6.45, 7) is 2.33. The Morgan fingerprint density at radius 2 is 2.00 bits per heavy atom. The fourth-order valence-corrected chi connectivity index (χ4v) is 6.00. The predicted octanol–water partition coefficient (Wildman–Crippen LogP) is 2.97. The number of ether oxygens (including phenoxy) is 2. The maximum atomic E-state index is 13.1. The highest BCUT2D eigenvalue weighted by Gasteiger charge is 2.38. The predicted molar refractivity (Wildman–Crippen MR) is 157 cm³/mol. The number of fused-ring (bicyclic) bond motifs is 1. The molecule has 1 aliphatic heterocycles. The van der Waals surface area contributed by atoms with Crippen LogP contribution in [-0.4, -0.2) is 77.9 Å². The van der Waals surface area contributed by atoms with Crippen molar-refractivity contribution >= 4 is 32.6 Å². The van der Waals surface area contributed by atoms with E-state index >= 15 is 0 Å². The molecule has 14 heteroatoms. The standard InChI is InChI=1S/C29H36N8O5S/c1-43(39,40)17-42-22-12-23-26(35-36-27(23)32-15-22)19-6-9-37(10-7-19)25-13-24(28(38)31-8-5-18-3-2-4-18)33-29(34-25)41-16-21-11-20(21)14-30/h12-13,15,18-21H,2-11,16-17H2,1H3,(H,31,38)(H,32,35,36)/t20-,21+/m0/s1. The van der Waals surface area contributed by atoms with Crippen LogP contribution in [-0.2, 0) is 9.84 Å². The lowest BCUT2D eigenvalue weighted by molar-refractivity contribution is 0.0942. The van der Waals surface area contributed by atoms with Crippen molar-refractivity contribution in [3.8, 4) is 17.8 Å². The minimum Gasteiger partial charge on any atom is -0.476 e. The third-order valence-electron chi connectivity index (χ3n) is 8.58. The third kappa shape index (κ3) is 7.15. The van der Waals surface area contributed by atoms with Gasteiger partial charge in [0.1, 0.15) is 17.3 Å². The number of nitrogens with one attached hydrogen (secondary N) is 2. The van der Waals surface area contributed by atoms with E-state index in [1.807, 2.05) is 0 Å². The van der Waals surface area contributed by atoms with Gasteiger partial charge in [-0.15, -0.1) is 0 Å². The summed E-state index contributed by atoms with van der Waals surface area (Å²) >= 11 is 0. The van der Waals surface area contributed by atoms with Crippen LogP contribution < -0.4 is 19.7 Å². The molecule has 4 heterocycles. The van der Waals surface area contributed by atoms with E-state index in [9.17, 15) is 13.2 Å². The number of amides is 1. The molecule has 228 valence electrons. The number of anilines is 1. The van der Waals surface area contributed by atoms with E-state index in [1.165, 1.54) is 25.5 Å². The number of piperidine rings is 1. The minimum absolute atomic E-state index is 0.00701. The van der Waals surface area contributed by atoms with Gasteiger partial charge in [0.2, 0.25) is 0 Å². The molecule has 3 aliphatic rings. The fourth-order valence-electron chi connectivity index (χ4n) is 5.65. The quantitative estimate of drug-likeness (QED) is 0.309. The summed E-state index contributed by atoms with van der Waals surface area (Å²) in [6, 6.07) is 5.92. The van der Waals surface area contributed by atoms with E-state index < -0.39 is 15.8 Å². The monoisotopic (exact) mass is 608 g/mol. The van der Waals surface area contributed by atoms with Gasteiger partial charge in [-0.25, -0.2) is 13.4 Å². The highest BCUT2D eigenvalue weighted by molar-refractivity contribution is 7.90. The number of rotatable bonds is 12. The van der Waals surface area contributed by atoms with Gasteiger partial charge in [0.05, 0.1) is 24.8 Å². The van der Waals surface area contributed by atoms with E-state index in [4.69, 9.17) is 14.7 Å². The molecule has 2 aliphatic carbocycles. The summed E-state index contributed by atoms with van der Waals surface area (Å²) in [5.74, 6) is 1.38. The van der Waals surface area contributed by atoms with Crippen LogP contribution in [0.2, 0.25) is 0 Å². The number of pyridine rings is 1. The molecule has 2 saturated carbocycles. The Bertz CT molecular complexity index is 1630. The molecule has 0 radical (unpaired) electrons. The normalized spacial score (nSPS) is 20.8. The first-order chi connectivity index (χ1) is 20.8. The van der Waals surface area contributed by atoms with Crippen molar-refractivity contribution in [1.29, 1.82) is 5.26 Å². The lowest BCUT2D eigenvalue weighted by Crippen LogP contribution is -2.34. The number of sulfone groups is 1. The van der Waals surface area contributed by atoms with Crippen molar-refractivity contribution in [2.75, 3.05) is 43.3 Å². The Morgan fingerprint density at radius 3 is 2.70 bits per heavy atom. The van der Waals surface area contributed by atoms with Crippen molar-refractivity contribution in [2.24, 2.45) is 17.8 Å². The van der Waals surface area contributed by atoms with Gasteiger partial charge in [-0.3, -0.25) is 9.89 Å². The molecule has 1 amide bonds. The Morgan fingerprint density at radius 1 is 1.19 bits per heavy atom. The SMILES string of the molecule is CS(=O)(=O)COc1cnc2n[nH]c(C3CCN(c4cc(C(=O)NCCC5CCC5)nc(OC[C@H]5C[C@H]5C#N)n4)CC3)c2c1. The number of hydrogen-bond acceptors (Lipinski definition) is 11. The van der Waals surface area contributed by atoms with Gasteiger partial charge in [0.15, 0.2) is 21.4 Å². The van der Waals surface area contributed by atoms with Crippen LogP contribution in [0, 0.1) is 29.1 Å². The molecular weight excluding hydrogens is 572 g/mol. The molecule has 6 rings (SSSR count). The van der Waals surface area contributed by atoms with Gasteiger partial charge in [0, 0.05) is 54.9 Å². The number of H-pyrrole nitrogens is 1. The molecular formula is C29H36N8O5S. The van der Waals surface area contributed by atoms with Crippen LogP contribution in [0.3, 0.4) is 0 Å². The number of aromatic amines is 1. The van der Waals surface area contributed by atoms with E-state index in [0.717, 1.165) is 43.0 Å². The molecule has 0 aromatic carbocycles. The minimum atomic E-state index is -3.29. The van der Waals surface area contributed by atoms with Gasteiger partial charge in [-0.1, -0.05) is 19.3 Å². The van der Waals surface area contributed by atoms with E-state index in [1.54, 1.807) is 12.1 Å². The number of carbonyl (C=O) groups is 1. The van der Waals surface area contributed by atoms with Crippen LogP contribution in [0.25, 0.3) is 11.0 Å². The van der Waals surface area contributed by atoms with Crippen molar-refractivity contribution in [3.63, 3.8) is 0 Å². The zero-order valence-corrected chi connectivity index (χ0v) is 25.0. The zero-order chi connectivity index (χ0) is 30.0. The largest absolute Gasteiger partial charge is 0.476 e. The number of carbonyl (C=O) groups excluding carboxylic acids is 1. The molecule has 0 unspecified atom stereocenters. The average Bonchev–Trinajstić information content (AvgIpc) is 3.63. The molecule has 1 saturated heterocycles. The Balaban J connectivity index is 1.14. The first-order valence-corrected chi connectivity index (χ1v) is 16.9. The molecule has 0 bridgehead atoms. The van der Waals surface area contributed by atoms with E-state index in [2.05, 4.69) is 41.4 Å². The summed E-state index contributed by atoms with van der Waals surface area (Å²) < 4.78 is 34.3. The second-order valence-corrected chi connectivity index (χ2v) is 14.0. The van der Waals surface area contributed by atoms with Gasteiger partial charge < -0.3 is 19.7 Å². The molecule has 3 aromatic heterocycles. The van der Waals surface area contributed by atoms with Gasteiger partial charge in [0.25, 0.3) is 5.91 Å². The van der Waals surface area contributed by atoms with Crippen molar-refractivity contribution in [2.45, 2.75) is 50.9 Å². The second kappa shape index (κ2) is 12.3. The summed E-state index contributed by atoms with van der Waals surface area (Å²) in [6.07, 6.45) is 9.69. The number of hydrogen-bond donors (Lipinski definition) is 2. The van der Waals surface area contributed by atoms with Gasteiger partial charge >= 0.3 is 6.01 Å². The van der Waals surface area contributed by atoms with E-state index in [0.29, 0.717) is 49.4 Å². The van der Waals surface area contributed by atoms with Gasteiger partial charge in [-0.05, 0) is 37.7 Å². The summed E-state index contributed by atoms with van der Waals surface area (Å²) in [4.78, 5) is 28.6. The smallest absolute Gasteiger partial charge is 0.319 e. The Labute approximate surface area is 250 Å². The molecule has 0 spiro atoms. The van der Waals surface area contributed by atoms with E-state index in [-0.39, 0.29) is 35.4 Å². The van der Waals surface area contributed by atoms with Crippen LogP contribution in [0.5, 0.6) is 11.8 Å². The summed E-state index contributed by atoms with van der Waals surface area (Å²) in [7, 11) is -3.29. The first-order valence-electron chi connectivity index (χ1n) is 14.8. The topological polar surface area (TPSA) is 176 Å². The first kappa shape index (κ1) is 29.1. The van der Waals surface area contributed by atoms with Gasteiger partial charge in [-0.2, -0.15) is 20.3 Å². The molecule has 2 N–H and O–H groups in total. The molecule has 3 aromatic rings. The molecule has 2 atom stereocenters. The Kier molecular flexibility index (Phi) is 8.34. The number of nitrogens with zero attached hydrogens (tertiary/aromatic N) is 6. The average molecular weight is 609 g/mol.